The van der Waals surface area contributed by atoms with Crippen LogP contribution in [0, 0.1) is 0 Å². The Hall–Kier alpha value is -3.43. The highest BCUT2D eigenvalue weighted by atomic mass is 32.2. The van der Waals surface area contributed by atoms with Crippen molar-refractivity contribution >= 4 is 22.1 Å². The third kappa shape index (κ3) is 32.0. The minimum atomic E-state index is -4.61. The molecule has 1 rings (SSSR count). The highest BCUT2D eigenvalue weighted by Crippen LogP contribution is 2.24. The van der Waals surface area contributed by atoms with E-state index in [2.05, 4.69) is 74.6 Å². The molecule has 0 aromatic heterocycles. The number of aliphatic hydroxyl groups is 3. The molecule has 346 valence electrons. The van der Waals surface area contributed by atoms with E-state index in [0.29, 0.717) is 12.8 Å². The Morgan fingerprint density at radius 1 is 0.574 bits per heavy atom. The lowest BCUT2D eigenvalue weighted by Crippen LogP contribution is -2.60. The van der Waals surface area contributed by atoms with Gasteiger partial charge >= 0.3 is 11.9 Å². The Kier molecular flexibility index (Phi) is 33.9. The Labute approximate surface area is 366 Å². The van der Waals surface area contributed by atoms with Gasteiger partial charge in [-0.05, 0) is 70.6 Å². The van der Waals surface area contributed by atoms with Gasteiger partial charge in [0.05, 0.1) is 6.61 Å². The summed E-state index contributed by atoms with van der Waals surface area (Å²) < 4.78 is 54.0. The van der Waals surface area contributed by atoms with Gasteiger partial charge in [-0.25, -0.2) is 0 Å². The van der Waals surface area contributed by atoms with Crippen LogP contribution in [0.1, 0.15) is 136 Å². The van der Waals surface area contributed by atoms with Gasteiger partial charge in [-0.2, -0.15) is 8.42 Å². The predicted molar refractivity (Wildman–Crippen MR) is 242 cm³/mol. The Morgan fingerprint density at radius 3 is 1.67 bits per heavy atom. The molecule has 13 heteroatoms. The largest absolute Gasteiger partial charge is 0.462 e. The maximum absolute atomic E-state index is 12.8. The third-order valence-corrected chi connectivity index (χ3v) is 10.3. The molecular formula is C48H76O12S. The van der Waals surface area contributed by atoms with E-state index >= 15 is 0 Å². The van der Waals surface area contributed by atoms with Crippen LogP contribution in [0.5, 0.6) is 0 Å². The molecule has 6 atom stereocenters. The van der Waals surface area contributed by atoms with Gasteiger partial charge in [0.1, 0.15) is 36.8 Å². The van der Waals surface area contributed by atoms with Crippen LogP contribution in [-0.2, 0) is 38.7 Å². The first kappa shape index (κ1) is 55.6. The van der Waals surface area contributed by atoms with Crippen molar-refractivity contribution in [3.05, 3.63) is 97.2 Å². The standard InChI is InChI=1S/C48H76O12S/c1-3-5-7-9-11-13-15-17-18-19-20-21-22-23-25-26-28-30-32-34-36-43(49)57-38-41(39-58-48-47(53)46(52)45(51)42(60-48)40-61(54,55)56)59-44(50)37-35-33-31-29-27-24-16-14-12-10-8-6-4-2/h5-8,10-14,16-18,20-21,24,27,41-42,45-48,51-53H,3-4,9,15,19,22-23,25-26,28-40H2,1-2H3,(H,54,55,56)/b7-5+,8-6+,12-10+,13-11+,16-14+,18-17+,21-20+,27-24+/t41?,42-,45-,46?,47?,48+/m1/s1. The quantitative estimate of drug-likeness (QED) is 0.0156. The van der Waals surface area contributed by atoms with Gasteiger partial charge in [-0.3, -0.25) is 14.1 Å². The van der Waals surface area contributed by atoms with Crippen molar-refractivity contribution < 1.29 is 56.8 Å². The fourth-order valence-electron chi connectivity index (χ4n) is 6.09. The fourth-order valence-corrected chi connectivity index (χ4v) is 6.78. The van der Waals surface area contributed by atoms with Gasteiger partial charge < -0.3 is 34.3 Å². The van der Waals surface area contributed by atoms with Crippen molar-refractivity contribution in [3.8, 4) is 0 Å². The smallest absolute Gasteiger partial charge is 0.306 e. The number of esters is 2. The molecule has 12 nitrogen and oxygen atoms in total. The molecule has 1 aliphatic rings. The molecule has 0 spiro atoms. The first-order valence-corrected chi connectivity index (χ1v) is 24.0. The molecule has 0 aliphatic carbocycles. The second-order valence-corrected chi connectivity index (χ2v) is 16.5. The van der Waals surface area contributed by atoms with Crippen LogP contribution in [0.2, 0.25) is 0 Å². The highest BCUT2D eigenvalue weighted by molar-refractivity contribution is 7.85. The molecule has 3 unspecified atom stereocenters. The average Bonchev–Trinajstić information content (AvgIpc) is 3.22. The van der Waals surface area contributed by atoms with Crippen molar-refractivity contribution in [1.29, 1.82) is 0 Å². The van der Waals surface area contributed by atoms with E-state index in [1.54, 1.807) is 0 Å². The molecule has 0 radical (unpaired) electrons. The lowest BCUT2D eigenvalue weighted by molar-refractivity contribution is -0.297. The van der Waals surface area contributed by atoms with Crippen LogP contribution in [0.25, 0.3) is 0 Å². The number of rotatable bonds is 35. The Bertz CT molecular complexity index is 1490. The second-order valence-electron chi connectivity index (χ2n) is 15.0. The summed E-state index contributed by atoms with van der Waals surface area (Å²) in [5.41, 5.74) is 0. The summed E-state index contributed by atoms with van der Waals surface area (Å²) in [6, 6.07) is 0. The lowest BCUT2D eigenvalue weighted by Gasteiger charge is -2.40. The topological polar surface area (TPSA) is 186 Å². The molecule has 61 heavy (non-hydrogen) atoms. The number of ether oxygens (including phenoxy) is 4. The SMILES string of the molecule is CC/C=C/C=C/C=C/C=C/CCCCCC(=O)OC(COC(=O)CCCCCCCCC/C=C/C/C=C/C/C=C/C/C=C/CC)CO[C@H]1O[C@H](CS(=O)(=O)O)[C@@H](O)C(O)C1O. The maximum Gasteiger partial charge on any atom is 0.306 e. The van der Waals surface area contributed by atoms with Gasteiger partial charge in [-0.1, -0.05) is 150 Å². The maximum atomic E-state index is 12.8. The van der Waals surface area contributed by atoms with Crippen LogP contribution in [0.15, 0.2) is 97.2 Å². The first-order chi connectivity index (χ1) is 29.5. The average molecular weight is 877 g/mol. The van der Waals surface area contributed by atoms with E-state index in [9.17, 15) is 37.9 Å². The van der Waals surface area contributed by atoms with Crippen molar-refractivity contribution in [2.45, 2.75) is 173 Å². The number of unbranched alkanes of at least 4 members (excludes halogenated alkanes) is 10. The number of allylic oxidation sites excluding steroid dienone is 16. The van der Waals surface area contributed by atoms with Gasteiger partial charge in [0, 0.05) is 12.8 Å². The number of aliphatic hydroxyl groups excluding tert-OH is 3. The monoisotopic (exact) mass is 877 g/mol. The number of carbonyl (C=O) groups excluding carboxylic acids is 2. The minimum absolute atomic E-state index is 0.110. The van der Waals surface area contributed by atoms with E-state index in [1.807, 2.05) is 36.5 Å². The zero-order valence-electron chi connectivity index (χ0n) is 36.7. The van der Waals surface area contributed by atoms with Crippen molar-refractivity contribution in [1.82, 2.24) is 0 Å². The minimum Gasteiger partial charge on any atom is -0.462 e. The summed E-state index contributed by atoms with van der Waals surface area (Å²) in [5.74, 6) is -2.07. The molecule has 0 aromatic rings. The summed E-state index contributed by atoms with van der Waals surface area (Å²) in [6.45, 7) is 3.44. The molecule has 1 saturated heterocycles. The number of hydrogen-bond donors (Lipinski definition) is 4. The van der Waals surface area contributed by atoms with Crippen molar-refractivity contribution in [2.75, 3.05) is 19.0 Å². The molecule has 0 amide bonds. The van der Waals surface area contributed by atoms with E-state index in [1.165, 1.54) is 0 Å². The molecule has 0 saturated carbocycles. The first-order valence-electron chi connectivity index (χ1n) is 22.3. The Morgan fingerprint density at radius 2 is 1.07 bits per heavy atom. The summed E-state index contributed by atoms with van der Waals surface area (Å²) in [5, 5.41) is 30.9. The zero-order chi connectivity index (χ0) is 44.8. The highest BCUT2D eigenvalue weighted by Gasteiger charge is 2.46. The summed E-state index contributed by atoms with van der Waals surface area (Å²) >= 11 is 0. The Balaban J connectivity index is 2.46. The van der Waals surface area contributed by atoms with Crippen LogP contribution in [0.3, 0.4) is 0 Å². The number of carbonyl (C=O) groups is 2. The summed E-state index contributed by atoms with van der Waals surface area (Å²) in [6.07, 6.45) is 40.3. The van der Waals surface area contributed by atoms with Gasteiger partial charge in [0.2, 0.25) is 0 Å². The molecule has 0 aromatic carbocycles. The zero-order valence-corrected chi connectivity index (χ0v) is 37.5. The van der Waals surface area contributed by atoms with Crippen molar-refractivity contribution in [2.24, 2.45) is 0 Å². The summed E-state index contributed by atoms with van der Waals surface area (Å²) in [7, 11) is -4.61. The third-order valence-electron chi connectivity index (χ3n) is 9.50. The van der Waals surface area contributed by atoms with Gasteiger partial charge in [0.25, 0.3) is 10.1 Å². The van der Waals surface area contributed by atoms with E-state index in [4.69, 9.17) is 18.9 Å². The summed E-state index contributed by atoms with van der Waals surface area (Å²) in [4.78, 5) is 25.4. The second kappa shape index (κ2) is 37.2. The molecule has 1 heterocycles. The van der Waals surface area contributed by atoms with E-state index in [-0.39, 0.29) is 19.4 Å². The van der Waals surface area contributed by atoms with E-state index < -0.39 is 71.2 Å². The molecule has 1 aliphatic heterocycles. The van der Waals surface area contributed by atoms with Crippen molar-refractivity contribution in [3.63, 3.8) is 0 Å². The predicted octanol–water partition coefficient (Wildman–Crippen LogP) is 9.05. The van der Waals surface area contributed by atoms with Gasteiger partial charge in [0.15, 0.2) is 12.4 Å². The van der Waals surface area contributed by atoms with Crippen LogP contribution >= 0.6 is 0 Å². The van der Waals surface area contributed by atoms with Crippen LogP contribution in [-0.4, -0.2) is 96.0 Å². The fraction of sp³-hybridized carbons (Fsp3) is 0.625. The van der Waals surface area contributed by atoms with E-state index in [0.717, 1.165) is 96.3 Å². The normalized spacial score (nSPS) is 20.9. The lowest BCUT2D eigenvalue weighted by atomic mass is 10.00. The molecule has 4 N–H and O–H groups in total. The molecule has 0 bridgehead atoms. The van der Waals surface area contributed by atoms with Gasteiger partial charge in [-0.15, -0.1) is 0 Å². The van der Waals surface area contributed by atoms with Crippen LogP contribution < -0.4 is 0 Å². The molecule has 1 fully saturated rings. The molecular weight excluding hydrogens is 801 g/mol. The van der Waals surface area contributed by atoms with Crippen LogP contribution in [0.4, 0.5) is 0 Å². The number of hydrogen-bond acceptors (Lipinski definition) is 11.